The van der Waals surface area contributed by atoms with Crippen LogP contribution in [-0.4, -0.2) is 5.78 Å². The van der Waals surface area contributed by atoms with Crippen molar-refractivity contribution in [2.24, 2.45) is 11.8 Å². The zero-order chi connectivity index (χ0) is 11.7. The molecule has 0 aliphatic heterocycles. The fourth-order valence-corrected chi connectivity index (χ4v) is 2.17. The lowest BCUT2D eigenvalue weighted by atomic mass is 9.94. The summed E-state index contributed by atoms with van der Waals surface area (Å²) >= 11 is 6.03. The zero-order valence-electron chi connectivity index (χ0n) is 9.79. The Hall–Kier alpha value is -0.820. The van der Waals surface area contributed by atoms with Gasteiger partial charge in [-0.05, 0) is 30.9 Å². The first-order chi connectivity index (χ1) is 7.58. The highest BCUT2D eigenvalue weighted by Crippen LogP contribution is 2.36. The van der Waals surface area contributed by atoms with E-state index in [0.717, 1.165) is 23.5 Å². The summed E-state index contributed by atoms with van der Waals surface area (Å²) in [4.78, 5) is 12.1. The number of rotatable bonds is 4. The van der Waals surface area contributed by atoms with Gasteiger partial charge in [-0.15, -0.1) is 0 Å². The number of hydrogen-bond donors (Lipinski definition) is 0. The molecule has 1 nitrogen and oxygen atoms in total. The van der Waals surface area contributed by atoms with Gasteiger partial charge in [0.1, 0.15) is 0 Å². The maximum Gasteiger partial charge on any atom is 0.165 e. The van der Waals surface area contributed by atoms with Crippen LogP contribution in [0.1, 0.15) is 42.1 Å². The molecule has 0 spiro atoms. The molecule has 1 fully saturated rings. The molecular formula is C14H17ClO. The maximum atomic E-state index is 12.1. The molecule has 1 atom stereocenters. The van der Waals surface area contributed by atoms with E-state index in [-0.39, 0.29) is 11.7 Å². The van der Waals surface area contributed by atoms with Crippen LogP contribution in [0.25, 0.3) is 0 Å². The van der Waals surface area contributed by atoms with Crippen LogP contribution in [0.5, 0.6) is 0 Å². The van der Waals surface area contributed by atoms with Crippen LogP contribution in [0.2, 0.25) is 5.02 Å². The zero-order valence-corrected chi connectivity index (χ0v) is 10.6. The van der Waals surface area contributed by atoms with Gasteiger partial charge in [-0.25, -0.2) is 0 Å². The number of carbonyl (C=O) groups excluding carboxylic acids is 1. The SMILES string of the molecule is Cc1ccc(C(=O)C(C)CC2CC2)cc1Cl. The molecule has 1 aliphatic rings. The fraction of sp³-hybridized carbons (Fsp3) is 0.500. The Bertz CT molecular complexity index is 407. The summed E-state index contributed by atoms with van der Waals surface area (Å²) in [5.41, 5.74) is 1.77. The Balaban J connectivity index is 2.09. The van der Waals surface area contributed by atoms with Gasteiger partial charge in [0, 0.05) is 16.5 Å². The first-order valence-corrected chi connectivity index (χ1v) is 6.26. The smallest absolute Gasteiger partial charge is 0.165 e. The quantitative estimate of drug-likeness (QED) is 0.714. The maximum absolute atomic E-state index is 12.1. The predicted molar refractivity (Wildman–Crippen MR) is 67.0 cm³/mol. The second kappa shape index (κ2) is 4.58. The Morgan fingerprint density at radius 2 is 2.19 bits per heavy atom. The summed E-state index contributed by atoms with van der Waals surface area (Å²) in [5.74, 6) is 1.15. The van der Waals surface area contributed by atoms with E-state index in [1.165, 1.54) is 12.8 Å². The average molecular weight is 237 g/mol. The Morgan fingerprint density at radius 3 is 2.75 bits per heavy atom. The normalized spacial score (nSPS) is 17.2. The number of aryl methyl sites for hydroxylation is 1. The number of Topliss-reactive ketones (excluding diaryl/α,β-unsaturated/α-hetero) is 1. The molecule has 1 saturated carbocycles. The molecule has 0 bridgehead atoms. The molecule has 1 aromatic rings. The lowest BCUT2D eigenvalue weighted by Crippen LogP contribution is -2.12. The van der Waals surface area contributed by atoms with E-state index in [1.54, 1.807) is 6.07 Å². The van der Waals surface area contributed by atoms with E-state index in [0.29, 0.717) is 5.02 Å². The van der Waals surface area contributed by atoms with Crippen molar-refractivity contribution in [3.8, 4) is 0 Å². The summed E-state index contributed by atoms with van der Waals surface area (Å²) in [6.07, 6.45) is 3.63. The monoisotopic (exact) mass is 236 g/mol. The first kappa shape index (κ1) is 11.7. The van der Waals surface area contributed by atoms with E-state index in [1.807, 2.05) is 26.0 Å². The van der Waals surface area contributed by atoms with Crippen LogP contribution in [0.15, 0.2) is 18.2 Å². The highest BCUT2D eigenvalue weighted by Gasteiger charge is 2.27. The van der Waals surface area contributed by atoms with Crippen molar-refractivity contribution < 1.29 is 4.79 Å². The minimum Gasteiger partial charge on any atom is -0.294 e. The van der Waals surface area contributed by atoms with E-state index in [9.17, 15) is 4.79 Å². The van der Waals surface area contributed by atoms with Gasteiger partial charge in [0.25, 0.3) is 0 Å². The summed E-state index contributed by atoms with van der Waals surface area (Å²) in [5, 5.41) is 0.685. The Labute approximate surface area is 102 Å². The van der Waals surface area contributed by atoms with Crippen molar-refractivity contribution in [1.29, 1.82) is 0 Å². The van der Waals surface area contributed by atoms with Crippen molar-refractivity contribution >= 4 is 17.4 Å². The fourth-order valence-electron chi connectivity index (χ4n) is 1.99. The molecule has 86 valence electrons. The second-order valence-corrected chi connectivity index (χ2v) is 5.32. The van der Waals surface area contributed by atoms with Crippen molar-refractivity contribution in [3.63, 3.8) is 0 Å². The standard InChI is InChI=1S/C14H17ClO/c1-9-3-6-12(8-13(9)15)14(16)10(2)7-11-4-5-11/h3,6,8,10-11H,4-5,7H2,1-2H3. The topological polar surface area (TPSA) is 17.1 Å². The lowest BCUT2D eigenvalue weighted by molar-refractivity contribution is 0.0920. The minimum atomic E-state index is 0.131. The third kappa shape index (κ3) is 2.65. The van der Waals surface area contributed by atoms with Gasteiger partial charge in [0.05, 0.1) is 0 Å². The van der Waals surface area contributed by atoms with Gasteiger partial charge in [-0.1, -0.05) is 43.5 Å². The van der Waals surface area contributed by atoms with Crippen LogP contribution in [-0.2, 0) is 0 Å². The van der Waals surface area contributed by atoms with E-state index in [2.05, 4.69) is 0 Å². The summed E-state index contributed by atoms with van der Waals surface area (Å²) in [6.45, 7) is 3.97. The Kier molecular flexibility index (Phi) is 3.34. The molecule has 2 rings (SSSR count). The molecule has 2 heteroatoms. The van der Waals surface area contributed by atoms with Crippen LogP contribution in [0.3, 0.4) is 0 Å². The number of halogens is 1. The highest BCUT2D eigenvalue weighted by molar-refractivity contribution is 6.31. The van der Waals surface area contributed by atoms with Crippen LogP contribution >= 0.6 is 11.6 Å². The first-order valence-electron chi connectivity index (χ1n) is 5.88. The molecule has 0 heterocycles. The molecule has 1 unspecified atom stereocenters. The van der Waals surface area contributed by atoms with Crippen LogP contribution in [0, 0.1) is 18.8 Å². The third-order valence-electron chi connectivity index (χ3n) is 3.29. The molecule has 16 heavy (non-hydrogen) atoms. The molecule has 0 radical (unpaired) electrons. The third-order valence-corrected chi connectivity index (χ3v) is 3.69. The summed E-state index contributed by atoms with van der Waals surface area (Å²) < 4.78 is 0. The summed E-state index contributed by atoms with van der Waals surface area (Å²) in [6, 6.07) is 5.59. The van der Waals surface area contributed by atoms with Crippen molar-refractivity contribution in [1.82, 2.24) is 0 Å². The largest absolute Gasteiger partial charge is 0.294 e. The van der Waals surface area contributed by atoms with Crippen molar-refractivity contribution in [3.05, 3.63) is 34.3 Å². The number of hydrogen-bond acceptors (Lipinski definition) is 1. The highest BCUT2D eigenvalue weighted by atomic mass is 35.5. The van der Waals surface area contributed by atoms with E-state index >= 15 is 0 Å². The molecule has 1 aliphatic carbocycles. The molecule has 0 saturated heterocycles. The predicted octanol–water partition coefficient (Wildman–Crippen LogP) is 4.27. The second-order valence-electron chi connectivity index (χ2n) is 4.91. The minimum absolute atomic E-state index is 0.131. The van der Waals surface area contributed by atoms with Crippen LogP contribution in [0.4, 0.5) is 0 Å². The number of benzene rings is 1. The van der Waals surface area contributed by atoms with E-state index < -0.39 is 0 Å². The number of ketones is 1. The molecule has 0 N–H and O–H groups in total. The molecule has 0 amide bonds. The van der Waals surface area contributed by atoms with Gasteiger partial charge >= 0.3 is 0 Å². The summed E-state index contributed by atoms with van der Waals surface area (Å²) in [7, 11) is 0. The molecule has 1 aromatic carbocycles. The van der Waals surface area contributed by atoms with Gasteiger partial charge in [0.15, 0.2) is 5.78 Å². The molecular weight excluding hydrogens is 220 g/mol. The number of carbonyl (C=O) groups is 1. The van der Waals surface area contributed by atoms with Crippen LogP contribution < -0.4 is 0 Å². The van der Waals surface area contributed by atoms with Gasteiger partial charge in [-0.2, -0.15) is 0 Å². The average Bonchev–Trinajstić information content (AvgIpc) is 3.05. The van der Waals surface area contributed by atoms with E-state index in [4.69, 9.17) is 11.6 Å². The molecule has 0 aromatic heterocycles. The van der Waals surface area contributed by atoms with Crippen molar-refractivity contribution in [2.45, 2.75) is 33.1 Å². The van der Waals surface area contributed by atoms with Gasteiger partial charge in [0.2, 0.25) is 0 Å². The lowest BCUT2D eigenvalue weighted by Gasteiger charge is -2.10. The van der Waals surface area contributed by atoms with Gasteiger partial charge in [-0.3, -0.25) is 4.79 Å². The van der Waals surface area contributed by atoms with Gasteiger partial charge < -0.3 is 0 Å². The Morgan fingerprint density at radius 1 is 1.50 bits per heavy atom. The van der Waals surface area contributed by atoms with Crippen molar-refractivity contribution in [2.75, 3.05) is 0 Å².